The molecule has 5 heteroatoms. The van der Waals surface area contributed by atoms with E-state index in [0.717, 1.165) is 18.8 Å². The van der Waals surface area contributed by atoms with E-state index in [4.69, 9.17) is 4.74 Å². The first kappa shape index (κ1) is 9.21. The highest BCUT2D eigenvalue weighted by molar-refractivity contribution is 5.44. The van der Waals surface area contributed by atoms with Gasteiger partial charge in [0, 0.05) is 13.1 Å². The summed E-state index contributed by atoms with van der Waals surface area (Å²) in [5.41, 5.74) is 1.39. The first-order valence-corrected chi connectivity index (χ1v) is 4.66. The summed E-state index contributed by atoms with van der Waals surface area (Å²) in [7, 11) is 0. The largest absolute Gasteiger partial charge is 0.378 e. The van der Waals surface area contributed by atoms with E-state index in [1.54, 1.807) is 0 Å². The lowest BCUT2D eigenvalue weighted by molar-refractivity contribution is 0.122. The SMILES string of the molecule is Cc1cc(N2CCOCC2)c(=O)[nH]n1. The molecule has 2 heterocycles. The van der Waals surface area contributed by atoms with Gasteiger partial charge in [0.25, 0.3) is 5.56 Å². The number of hydrogen-bond acceptors (Lipinski definition) is 4. The zero-order chi connectivity index (χ0) is 9.97. The lowest BCUT2D eigenvalue weighted by Gasteiger charge is -2.27. The number of nitrogens with zero attached hydrogens (tertiary/aromatic N) is 2. The highest BCUT2D eigenvalue weighted by Crippen LogP contribution is 2.09. The van der Waals surface area contributed by atoms with Gasteiger partial charge in [-0.25, -0.2) is 5.10 Å². The van der Waals surface area contributed by atoms with Crippen LogP contribution in [-0.4, -0.2) is 36.5 Å². The van der Waals surface area contributed by atoms with E-state index in [0.29, 0.717) is 18.9 Å². The molecular weight excluding hydrogens is 182 g/mol. The van der Waals surface area contributed by atoms with Crippen molar-refractivity contribution in [2.45, 2.75) is 6.92 Å². The number of ether oxygens (including phenoxy) is 1. The number of H-pyrrole nitrogens is 1. The van der Waals surface area contributed by atoms with Crippen LogP contribution in [0.25, 0.3) is 0 Å². The fourth-order valence-electron chi connectivity index (χ4n) is 1.53. The van der Waals surface area contributed by atoms with Crippen LogP contribution in [0, 0.1) is 6.92 Å². The van der Waals surface area contributed by atoms with Crippen LogP contribution in [0.4, 0.5) is 5.69 Å². The third-order valence-corrected chi connectivity index (χ3v) is 2.26. The molecule has 0 bridgehead atoms. The summed E-state index contributed by atoms with van der Waals surface area (Å²) >= 11 is 0. The number of morpholine rings is 1. The third-order valence-electron chi connectivity index (χ3n) is 2.26. The molecule has 0 aliphatic carbocycles. The van der Waals surface area contributed by atoms with Crippen LogP contribution in [-0.2, 0) is 4.74 Å². The molecule has 1 aromatic heterocycles. The maximum Gasteiger partial charge on any atom is 0.287 e. The molecule has 1 aromatic rings. The Balaban J connectivity index is 2.29. The van der Waals surface area contributed by atoms with E-state index in [1.165, 1.54) is 0 Å². The van der Waals surface area contributed by atoms with Gasteiger partial charge in [-0.3, -0.25) is 4.79 Å². The predicted octanol–water partition coefficient (Wildman–Crippen LogP) is -0.0851. The second-order valence-corrected chi connectivity index (χ2v) is 3.32. The lowest BCUT2D eigenvalue weighted by atomic mass is 10.3. The van der Waals surface area contributed by atoms with Crippen molar-refractivity contribution in [3.8, 4) is 0 Å². The van der Waals surface area contributed by atoms with Crippen molar-refractivity contribution < 1.29 is 4.74 Å². The Morgan fingerprint density at radius 3 is 2.93 bits per heavy atom. The Morgan fingerprint density at radius 2 is 2.21 bits per heavy atom. The van der Waals surface area contributed by atoms with Gasteiger partial charge in [-0.1, -0.05) is 0 Å². The summed E-state index contributed by atoms with van der Waals surface area (Å²) in [6, 6.07) is 1.81. The standard InChI is InChI=1S/C9H13N3O2/c1-7-6-8(9(13)11-10-7)12-2-4-14-5-3-12/h6H,2-5H2,1H3,(H,11,13). The van der Waals surface area contributed by atoms with Crippen molar-refractivity contribution in [1.29, 1.82) is 0 Å². The molecule has 76 valence electrons. The fraction of sp³-hybridized carbons (Fsp3) is 0.556. The molecule has 1 N–H and O–H groups in total. The quantitative estimate of drug-likeness (QED) is 0.680. The Morgan fingerprint density at radius 1 is 1.50 bits per heavy atom. The molecule has 0 unspecified atom stereocenters. The molecule has 0 atom stereocenters. The maximum atomic E-state index is 11.5. The predicted molar refractivity (Wildman–Crippen MR) is 52.6 cm³/mol. The molecule has 0 spiro atoms. The lowest BCUT2D eigenvalue weighted by Crippen LogP contribution is -2.39. The number of rotatable bonds is 1. The molecular formula is C9H13N3O2. The van der Waals surface area contributed by atoms with Gasteiger partial charge in [-0.15, -0.1) is 0 Å². The molecule has 0 saturated carbocycles. The third kappa shape index (κ3) is 1.77. The average Bonchev–Trinajstić information content (AvgIpc) is 2.23. The maximum absolute atomic E-state index is 11.5. The summed E-state index contributed by atoms with van der Waals surface area (Å²) in [5, 5.41) is 6.32. The topological polar surface area (TPSA) is 58.2 Å². The van der Waals surface area contributed by atoms with Gasteiger partial charge in [-0.2, -0.15) is 5.10 Å². The molecule has 5 nitrogen and oxygen atoms in total. The van der Waals surface area contributed by atoms with E-state index < -0.39 is 0 Å². The van der Waals surface area contributed by atoms with Gasteiger partial charge in [-0.05, 0) is 13.0 Å². The number of anilines is 1. The summed E-state index contributed by atoms with van der Waals surface area (Å²) in [6.07, 6.45) is 0. The second-order valence-electron chi connectivity index (χ2n) is 3.32. The van der Waals surface area contributed by atoms with Crippen LogP contribution in [0.1, 0.15) is 5.69 Å². The van der Waals surface area contributed by atoms with E-state index >= 15 is 0 Å². The normalized spacial score (nSPS) is 17.1. The molecule has 0 aromatic carbocycles. The Labute approximate surface area is 81.7 Å². The molecule has 1 aliphatic heterocycles. The Bertz CT molecular complexity index is 369. The minimum atomic E-state index is -0.127. The van der Waals surface area contributed by atoms with Crippen LogP contribution in [0.2, 0.25) is 0 Å². The molecule has 14 heavy (non-hydrogen) atoms. The summed E-state index contributed by atoms with van der Waals surface area (Å²) in [6.45, 7) is 4.76. The first-order valence-electron chi connectivity index (χ1n) is 4.66. The number of nitrogens with one attached hydrogen (secondary N) is 1. The van der Waals surface area contributed by atoms with Crippen LogP contribution in [0.5, 0.6) is 0 Å². The number of aromatic nitrogens is 2. The molecule has 2 rings (SSSR count). The average molecular weight is 195 g/mol. The van der Waals surface area contributed by atoms with Gasteiger partial charge in [0.2, 0.25) is 0 Å². The molecule has 1 aliphatic rings. The van der Waals surface area contributed by atoms with Crippen molar-refractivity contribution in [3.05, 3.63) is 22.1 Å². The van der Waals surface area contributed by atoms with E-state index in [-0.39, 0.29) is 5.56 Å². The van der Waals surface area contributed by atoms with Crippen LogP contribution >= 0.6 is 0 Å². The Hall–Kier alpha value is -1.36. The van der Waals surface area contributed by atoms with Gasteiger partial charge in [0.15, 0.2) is 0 Å². The van der Waals surface area contributed by atoms with Gasteiger partial charge < -0.3 is 9.64 Å². The zero-order valence-corrected chi connectivity index (χ0v) is 8.12. The molecule has 0 amide bonds. The monoisotopic (exact) mass is 195 g/mol. The molecule has 0 radical (unpaired) electrons. The number of aryl methyl sites for hydroxylation is 1. The summed E-state index contributed by atoms with van der Waals surface area (Å²) in [5.74, 6) is 0. The summed E-state index contributed by atoms with van der Waals surface area (Å²) < 4.78 is 5.22. The zero-order valence-electron chi connectivity index (χ0n) is 8.12. The van der Waals surface area contributed by atoms with Crippen molar-refractivity contribution in [2.75, 3.05) is 31.2 Å². The van der Waals surface area contributed by atoms with Gasteiger partial charge in [0.05, 0.1) is 18.9 Å². The van der Waals surface area contributed by atoms with Crippen molar-refractivity contribution in [3.63, 3.8) is 0 Å². The van der Waals surface area contributed by atoms with Gasteiger partial charge in [0.1, 0.15) is 5.69 Å². The van der Waals surface area contributed by atoms with Crippen molar-refractivity contribution in [1.82, 2.24) is 10.2 Å². The number of hydrogen-bond donors (Lipinski definition) is 1. The fourth-order valence-corrected chi connectivity index (χ4v) is 1.53. The van der Waals surface area contributed by atoms with E-state index in [2.05, 4.69) is 10.2 Å². The van der Waals surface area contributed by atoms with Crippen molar-refractivity contribution in [2.24, 2.45) is 0 Å². The minimum Gasteiger partial charge on any atom is -0.378 e. The van der Waals surface area contributed by atoms with Crippen LogP contribution in [0.3, 0.4) is 0 Å². The van der Waals surface area contributed by atoms with Crippen LogP contribution in [0.15, 0.2) is 10.9 Å². The first-order chi connectivity index (χ1) is 6.77. The van der Waals surface area contributed by atoms with Crippen molar-refractivity contribution >= 4 is 5.69 Å². The van der Waals surface area contributed by atoms with E-state index in [1.807, 2.05) is 17.9 Å². The Kier molecular flexibility index (Phi) is 2.49. The molecule has 1 fully saturated rings. The number of aromatic amines is 1. The van der Waals surface area contributed by atoms with Gasteiger partial charge >= 0.3 is 0 Å². The highest BCUT2D eigenvalue weighted by atomic mass is 16.5. The second kappa shape index (κ2) is 3.79. The highest BCUT2D eigenvalue weighted by Gasteiger charge is 2.14. The summed E-state index contributed by atoms with van der Waals surface area (Å²) in [4.78, 5) is 13.5. The van der Waals surface area contributed by atoms with Crippen LogP contribution < -0.4 is 10.5 Å². The minimum absolute atomic E-state index is 0.127. The van der Waals surface area contributed by atoms with E-state index in [9.17, 15) is 4.79 Å². The molecule has 1 saturated heterocycles. The smallest absolute Gasteiger partial charge is 0.287 e.